The number of rotatable bonds is 0. The van der Waals surface area contributed by atoms with E-state index in [0.717, 1.165) is 0 Å². The van der Waals surface area contributed by atoms with Crippen LogP contribution in [0, 0.1) is 0 Å². The highest BCUT2D eigenvalue weighted by molar-refractivity contribution is 5.68. The fraction of sp³-hybridized carbons (Fsp3) is 0.750. The van der Waals surface area contributed by atoms with Gasteiger partial charge in [-0.3, -0.25) is 4.68 Å². The second-order valence-electron chi connectivity index (χ2n) is 7.31. The van der Waals surface area contributed by atoms with Crippen molar-refractivity contribution in [3.05, 3.63) is 17.0 Å². The van der Waals surface area contributed by atoms with Gasteiger partial charge in [0.05, 0.1) is 12.2 Å². The van der Waals surface area contributed by atoms with Gasteiger partial charge in [0.1, 0.15) is 11.3 Å². The van der Waals surface area contributed by atoms with Crippen molar-refractivity contribution in [1.82, 2.24) is 14.7 Å². The predicted octanol–water partition coefficient (Wildman–Crippen LogP) is 3.45. The van der Waals surface area contributed by atoms with Crippen LogP contribution in [0.2, 0.25) is 0 Å². The summed E-state index contributed by atoms with van der Waals surface area (Å²) in [4.78, 5) is 13.7. The normalized spacial score (nSPS) is 20.5. The molecule has 7 heteroatoms. The summed E-state index contributed by atoms with van der Waals surface area (Å²) in [5.41, 5.74) is 0.602. The van der Waals surface area contributed by atoms with Crippen LogP contribution in [0.25, 0.3) is 0 Å². The summed E-state index contributed by atoms with van der Waals surface area (Å²) in [7, 11) is 0. The number of fused-ring (bicyclic) bond motifs is 3. The molecule has 1 amide bonds. The van der Waals surface area contributed by atoms with Crippen molar-refractivity contribution < 1.29 is 18.3 Å². The molecule has 0 aromatic carbocycles. The van der Waals surface area contributed by atoms with Crippen molar-refractivity contribution >= 4 is 6.09 Å². The maximum atomic E-state index is 14.5. The molecule has 23 heavy (non-hydrogen) atoms. The van der Waals surface area contributed by atoms with Crippen LogP contribution in [0.5, 0.6) is 0 Å². The molecule has 0 atom stereocenters. The topological polar surface area (TPSA) is 47.4 Å². The van der Waals surface area contributed by atoms with E-state index >= 15 is 0 Å². The highest BCUT2D eigenvalue weighted by atomic mass is 19.3. The molecule has 0 fully saturated rings. The van der Waals surface area contributed by atoms with E-state index in [9.17, 15) is 13.6 Å². The number of amides is 1. The van der Waals surface area contributed by atoms with Gasteiger partial charge in [0.2, 0.25) is 0 Å². The van der Waals surface area contributed by atoms with E-state index in [1.165, 1.54) is 9.58 Å². The molecular weight excluding hydrogens is 304 g/mol. The van der Waals surface area contributed by atoms with E-state index in [1.807, 2.05) is 0 Å². The molecule has 5 nitrogen and oxygen atoms in total. The summed E-state index contributed by atoms with van der Waals surface area (Å²) in [6.45, 7) is 6.49. The average molecular weight is 327 g/mol. The first-order valence-corrected chi connectivity index (χ1v) is 8.12. The van der Waals surface area contributed by atoms with Crippen molar-refractivity contribution in [1.29, 1.82) is 0 Å². The van der Waals surface area contributed by atoms with E-state index in [-0.39, 0.29) is 18.7 Å². The summed E-state index contributed by atoms with van der Waals surface area (Å²) < 4.78 is 35.8. The van der Waals surface area contributed by atoms with Gasteiger partial charge in [0.25, 0.3) is 5.92 Å². The highest BCUT2D eigenvalue weighted by Crippen LogP contribution is 2.40. The lowest BCUT2D eigenvalue weighted by molar-refractivity contribution is -0.0211. The predicted molar refractivity (Wildman–Crippen MR) is 80.3 cm³/mol. The van der Waals surface area contributed by atoms with Gasteiger partial charge in [0.15, 0.2) is 0 Å². The average Bonchev–Trinajstić information content (AvgIpc) is 2.72. The second-order valence-corrected chi connectivity index (χ2v) is 7.31. The molecular formula is C16H23F2N3O2. The molecule has 0 spiro atoms. The molecule has 0 unspecified atom stereocenters. The smallest absolute Gasteiger partial charge is 0.410 e. The fourth-order valence-electron chi connectivity index (χ4n) is 3.21. The van der Waals surface area contributed by atoms with Crippen LogP contribution in [0.15, 0.2) is 0 Å². The third kappa shape index (κ3) is 3.19. The second kappa shape index (κ2) is 5.46. The minimum absolute atomic E-state index is 0.00161. The van der Waals surface area contributed by atoms with Gasteiger partial charge >= 0.3 is 6.09 Å². The van der Waals surface area contributed by atoms with E-state index in [2.05, 4.69) is 5.10 Å². The minimum atomic E-state index is -2.88. The Hall–Kier alpha value is -1.66. The third-order valence-electron chi connectivity index (χ3n) is 4.21. The van der Waals surface area contributed by atoms with E-state index in [1.54, 1.807) is 20.8 Å². The van der Waals surface area contributed by atoms with Gasteiger partial charge in [-0.15, -0.1) is 0 Å². The first-order chi connectivity index (χ1) is 10.7. The van der Waals surface area contributed by atoms with Crippen molar-refractivity contribution in [2.24, 2.45) is 0 Å². The molecule has 0 saturated heterocycles. The standard InChI is InChI=1S/C16H23F2N3O2/c1-15(2,3)23-14(22)20-9-6-12-11(10-20)13-16(17,18)7-4-5-8-21(13)19-12/h4-10H2,1-3H3. The Morgan fingerprint density at radius 3 is 2.70 bits per heavy atom. The molecule has 2 aliphatic heterocycles. The molecule has 128 valence electrons. The van der Waals surface area contributed by atoms with Gasteiger partial charge in [-0.25, -0.2) is 4.79 Å². The van der Waals surface area contributed by atoms with E-state index < -0.39 is 17.6 Å². The van der Waals surface area contributed by atoms with Crippen molar-refractivity contribution in [3.8, 4) is 0 Å². The number of hydrogen-bond acceptors (Lipinski definition) is 3. The largest absolute Gasteiger partial charge is 0.444 e. The van der Waals surface area contributed by atoms with Gasteiger partial charge in [-0.1, -0.05) is 0 Å². The summed E-state index contributed by atoms with van der Waals surface area (Å²) in [5, 5.41) is 4.37. The number of nitrogens with zero attached hydrogens (tertiary/aromatic N) is 3. The Morgan fingerprint density at radius 2 is 2.00 bits per heavy atom. The molecule has 0 bridgehead atoms. The first-order valence-electron chi connectivity index (χ1n) is 8.12. The quantitative estimate of drug-likeness (QED) is 0.733. The fourth-order valence-corrected chi connectivity index (χ4v) is 3.21. The SMILES string of the molecule is CC(C)(C)OC(=O)N1CCc2nn3c(c2C1)C(F)(F)CCCC3. The Bertz CT molecular complexity index is 620. The van der Waals surface area contributed by atoms with Gasteiger partial charge in [-0.05, 0) is 33.6 Å². The Morgan fingerprint density at radius 1 is 1.26 bits per heavy atom. The summed E-state index contributed by atoms with van der Waals surface area (Å²) in [6, 6.07) is 0. The van der Waals surface area contributed by atoms with Crippen molar-refractivity contribution in [2.45, 2.75) is 71.1 Å². The lowest BCUT2D eigenvalue weighted by atomic mass is 10.0. The minimum Gasteiger partial charge on any atom is -0.444 e. The maximum Gasteiger partial charge on any atom is 0.410 e. The summed E-state index contributed by atoms with van der Waals surface area (Å²) >= 11 is 0. The molecule has 1 aromatic heterocycles. The number of hydrogen-bond donors (Lipinski definition) is 0. The zero-order valence-corrected chi connectivity index (χ0v) is 13.9. The monoisotopic (exact) mass is 327 g/mol. The molecule has 3 rings (SSSR count). The molecule has 0 aliphatic carbocycles. The Balaban J connectivity index is 1.89. The van der Waals surface area contributed by atoms with Crippen LogP contribution in [-0.4, -0.2) is 32.9 Å². The molecule has 2 aliphatic rings. The molecule has 0 radical (unpaired) electrons. The van der Waals surface area contributed by atoms with E-state index in [4.69, 9.17) is 4.74 Å². The number of aromatic nitrogens is 2. The van der Waals surface area contributed by atoms with Gasteiger partial charge in [0, 0.05) is 31.5 Å². The van der Waals surface area contributed by atoms with E-state index in [0.29, 0.717) is 43.6 Å². The molecule has 0 N–H and O–H groups in total. The van der Waals surface area contributed by atoms with Crippen LogP contribution < -0.4 is 0 Å². The third-order valence-corrected chi connectivity index (χ3v) is 4.21. The summed E-state index contributed by atoms with van der Waals surface area (Å²) in [5.74, 6) is -2.88. The van der Waals surface area contributed by atoms with Crippen LogP contribution in [-0.2, 0) is 30.2 Å². The molecule has 0 saturated carbocycles. The Labute approximate surface area is 134 Å². The van der Waals surface area contributed by atoms with Crippen molar-refractivity contribution in [2.75, 3.05) is 6.54 Å². The number of carbonyl (C=O) groups excluding carboxylic acids is 1. The van der Waals surface area contributed by atoms with Gasteiger partial charge < -0.3 is 9.64 Å². The van der Waals surface area contributed by atoms with Crippen LogP contribution in [0.1, 0.15) is 57.0 Å². The first kappa shape index (κ1) is 16.2. The molecule has 3 heterocycles. The molecule has 1 aromatic rings. The zero-order chi connectivity index (χ0) is 16.8. The zero-order valence-electron chi connectivity index (χ0n) is 13.9. The Kier molecular flexibility index (Phi) is 3.84. The lowest BCUT2D eigenvalue weighted by Gasteiger charge is -2.30. The number of aryl methyl sites for hydroxylation is 1. The van der Waals surface area contributed by atoms with Gasteiger partial charge in [-0.2, -0.15) is 13.9 Å². The number of ether oxygens (including phenoxy) is 1. The summed E-state index contributed by atoms with van der Waals surface area (Å²) in [6.07, 6.45) is 1.07. The highest BCUT2D eigenvalue weighted by Gasteiger charge is 2.42. The van der Waals surface area contributed by atoms with Crippen LogP contribution >= 0.6 is 0 Å². The lowest BCUT2D eigenvalue weighted by Crippen LogP contribution is -2.40. The number of alkyl halides is 2. The van der Waals surface area contributed by atoms with Crippen molar-refractivity contribution in [3.63, 3.8) is 0 Å². The number of halogens is 2. The maximum absolute atomic E-state index is 14.5. The van der Waals surface area contributed by atoms with Crippen LogP contribution in [0.4, 0.5) is 13.6 Å². The number of carbonyl (C=O) groups is 1. The van der Waals surface area contributed by atoms with Crippen LogP contribution in [0.3, 0.4) is 0 Å².